The minimum atomic E-state index is -0.499. The lowest BCUT2D eigenvalue weighted by Crippen LogP contribution is -2.33. The lowest BCUT2D eigenvalue weighted by molar-refractivity contribution is -0.121. The van der Waals surface area contributed by atoms with Crippen molar-refractivity contribution in [2.45, 2.75) is 12.8 Å². The third-order valence-corrected chi connectivity index (χ3v) is 1.71. The van der Waals surface area contributed by atoms with Crippen LogP contribution in [-0.4, -0.2) is 48.7 Å². The van der Waals surface area contributed by atoms with E-state index >= 15 is 0 Å². The standard InChI is InChI=1S/C8H17N3O3/c1-11(8(9)14)5-2-3-7(13)10-4-6-12/h12H,2-6H2,1H3,(H2,9,14)(H,10,13). The van der Waals surface area contributed by atoms with Gasteiger partial charge < -0.3 is 21.1 Å². The lowest BCUT2D eigenvalue weighted by atomic mass is 10.3. The van der Waals surface area contributed by atoms with Crippen molar-refractivity contribution >= 4 is 11.9 Å². The first-order valence-corrected chi connectivity index (χ1v) is 4.46. The molecule has 0 aromatic heterocycles. The Labute approximate surface area is 83.1 Å². The van der Waals surface area contributed by atoms with Crippen LogP contribution in [0.5, 0.6) is 0 Å². The number of nitrogens with one attached hydrogen (secondary N) is 1. The van der Waals surface area contributed by atoms with Crippen molar-refractivity contribution < 1.29 is 14.7 Å². The Balaban J connectivity index is 3.44. The number of carbonyl (C=O) groups excluding carboxylic acids is 2. The fourth-order valence-electron chi connectivity index (χ4n) is 0.871. The maximum atomic E-state index is 11.0. The van der Waals surface area contributed by atoms with Crippen molar-refractivity contribution in [2.24, 2.45) is 5.73 Å². The van der Waals surface area contributed by atoms with E-state index in [4.69, 9.17) is 10.8 Å². The molecule has 0 aromatic carbocycles. The van der Waals surface area contributed by atoms with E-state index in [1.807, 2.05) is 0 Å². The van der Waals surface area contributed by atoms with E-state index < -0.39 is 6.03 Å². The number of aliphatic hydroxyl groups is 1. The quantitative estimate of drug-likeness (QED) is 0.510. The number of primary amides is 1. The Kier molecular flexibility index (Phi) is 6.47. The van der Waals surface area contributed by atoms with Crippen molar-refractivity contribution in [2.75, 3.05) is 26.7 Å². The lowest BCUT2D eigenvalue weighted by Gasteiger charge is -2.13. The summed E-state index contributed by atoms with van der Waals surface area (Å²) in [6.45, 7) is 0.666. The zero-order chi connectivity index (χ0) is 11.0. The Bertz CT molecular complexity index is 196. The third kappa shape index (κ3) is 6.24. The van der Waals surface area contributed by atoms with Gasteiger partial charge in [-0.1, -0.05) is 0 Å². The molecular weight excluding hydrogens is 186 g/mol. The van der Waals surface area contributed by atoms with Gasteiger partial charge >= 0.3 is 6.03 Å². The monoisotopic (exact) mass is 203 g/mol. The van der Waals surface area contributed by atoms with Gasteiger partial charge in [-0.3, -0.25) is 4.79 Å². The average Bonchev–Trinajstić information content (AvgIpc) is 2.14. The minimum absolute atomic E-state index is 0.0626. The van der Waals surface area contributed by atoms with Gasteiger partial charge in [0.1, 0.15) is 0 Å². The SMILES string of the molecule is CN(CCCC(=O)NCCO)C(N)=O. The zero-order valence-electron chi connectivity index (χ0n) is 8.32. The zero-order valence-corrected chi connectivity index (χ0v) is 8.32. The first-order valence-electron chi connectivity index (χ1n) is 4.46. The van der Waals surface area contributed by atoms with Crippen molar-refractivity contribution in [3.05, 3.63) is 0 Å². The molecule has 0 heterocycles. The normalized spacial score (nSPS) is 9.57. The van der Waals surface area contributed by atoms with E-state index in [1.165, 1.54) is 4.90 Å². The highest BCUT2D eigenvalue weighted by Gasteiger charge is 2.04. The van der Waals surface area contributed by atoms with E-state index in [1.54, 1.807) is 7.05 Å². The molecule has 0 fully saturated rings. The van der Waals surface area contributed by atoms with Crippen LogP contribution in [-0.2, 0) is 4.79 Å². The topological polar surface area (TPSA) is 95.7 Å². The van der Waals surface area contributed by atoms with Crippen LogP contribution in [0.4, 0.5) is 4.79 Å². The molecule has 0 spiro atoms. The van der Waals surface area contributed by atoms with Gasteiger partial charge in [0.2, 0.25) is 5.91 Å². The van der Waals surface area contributed by atoms with Crippen LogP contribution in [0.2, 0.25) is 0 Å². The predicted molar refractivity (Wildman–Crippen MR) is 51.5 cm³/mol. The number of hydrogen-bond donors (Lipinski definition) is 3. The molecule has 6 heteroatoms. The smallest absolute Gasteiger partial charge is 0.314 e. The van der Waals surface area contributed by atoms with E-state index in [2.05, 4.69) is 5.32 Å². The minimum Gasteiger partial charge on any atom is -0.395 e. The van der Waals surface area contributed by atoms with E-state index in [9.17, 15) is 9.59 Å². The van der Waals surface area contributed by atoms with Crippen molar-refractivity contribution in [3.63, 3.8) is 0 Å². The van der Waals surface area contributed by atoms with E-state index in [0.717, 1.165) is 0 Å². The summed E-state index contributed by atoms with van der Waals surface area (Å²) in [7, 11) is 1.58. The Morgan fingerprint density at radius 2 is 2.14 bits per heavy atom. The summed E-state index contributed by atoms with van der Waals surface area (Å²) in [5.41, 5.74) is 4.99. The number of carbonyl (C=O) groups is 2. The van der Waals surface area contributed by atoms with Crippen LogP contribution < -0.4 is 11.1 Å². The van der Waals surface area contributed by atoms with Gasteiger partial charge in [-0.2, -0.15) is 0 Å². The number of hydrogen-bond acceptors (Lipinski definition) is 3. The first-order chi connectivity index (χ1) is 6.57. The van der Waals surface area contributed by atoms with Crippen LogP contribution in [0, 0.1) is 0 Å². The summed E-state index contributed by atoms with van der Waals surface area (Å²) in [6.07, 6.45) is 0.897. The number of rotatable bonds is 6. The molecule has 0 rings (SSSR count). The van der Waals surface area contributed by atoms with Gasteiger partial charge in [-0.25, -0.2) is 4.79 Å². The molecule has 3 amide bonds. The summed E-state index contributed by atoms with van der Waals surface area (Å²) in [4.78, 5) is 22.9. The molecule has 4 N–H and O–H groups in total. The van der Waals surface area contributed by atoms with E-state index in [-0.39, 0.29) is 19.1 Å². The molecule has 0 bridgehead atoms. The molecule has 0 aliphatic rings. The van der Waals surface area contributed by atoms with Gasteiger partial charge in [0.15, 0.2) is 0 Å². The summed E-state index contributed by atoms with van der Waals surface area (Å²) < 4.78 is 0. The molecule has 0 aliphatic heterocycles. The molecule has 0 aliphatic carbocycles. The van der Waals surface area contributed by atoms with Gasteiger partial charge in [0.05, 0.1) is 6.61 Å². The molecule has 0 aromatic rings. The molecular formula is C8H17N3O3. The Hall–Kier alpha value is -1.30. The van der Waals surface area contributed by atoms with Crippen LogP contribution in [0.25, 0.3) is 0 Å². The Morgan fingerprint density at radius 1 is 1.50 bits per heavy atom. The fraction of sp³-hybridized carbons (Fsp3) is 0.750. The van der Waals surface area contributed by atoms with Crippen molar-refractivity contribution in [3.8, 4) is 0 Å². The Morgan fingerprint density at radius 3 is 2.64 bits per heavy atom. The summed E-state index contributed by atoms with van der Waals surface area (Å²) in [5, 5.41) is 10.9. The second-order valence-corrected chi connectivity index (χ2v) is 2.94. The summed E-state index contributed by atoms with van der Waals surface area (Å²) in [6, 6.07) is -0.499. The van der Waals surface area contributed by atoms with Gasteiger partial charge in [-0.15, -0.1) is 0 Å². The number of amides is 3. The third-order valence-electron chi connectivity index (χ3n) is 1.71. The highest BCUT2D eigenvalue weighted by Crippen LogP contribution is 1.92. The summed E-state index contributed by atoms with van der Waals surface area (Å²) in [5.74, 6) is -0.128. The van der Waals surface area contributed by atoms with E-state index in [0.29, 0.717) is 19.4 Å². The average molecular weight is 203 g/mol. The highest BCUT2D eigenvalue weighted by molar-refractivity contribution is 5.76. The van der Waals surface area contributed by atoms with Gasteiger partial charge in [0.25, 0.3) is 0 Å². The van der Waals surface area contributed by atoms with Crippen molar-refractivity contribution in [1.82, 2.24) is 10.2 Å². The van der Waals surface area contributed by atoms with Crippen LogP contribution >= 0.6 is 0 Å². The van der Waals surface area contributed by atoms with Crippen LogP contribution in [0.1, 0.15) is 12.8 Å². The number of urea groups is 1. The fourth-order valence-corrected chi connectivity index (χ4v) is 0.871. The van der Waals surface area contributed by atoms with Crippen LogP contribution in [0.15, 0.2) is 0 Å². The van der Waals surface area contributed by atoms with Crippen LogP contribution in [0.3, 0.4) is 0 Å². The van der Waals surface area contributed by atoms with Crippen molar-refractivity contribution in [1.29, 1.82) is 0 Å². The second kappa shape index (κ2) is 7.14. The molecule has 0 unspecified atom stereocenters. The maximum absolute atomic E-state index is 11.0. The van der Waals surface area contributed by atoms with Gasteiger partial charge in [0, 0.05) is 26.6 Å². The molecule has 14 heavy (non-hydrogen) atoms. The number of nitrogens with two attached hydrogens (primary N) is 1. The molecule has 0 atom stereocenters. The second-order valence-electron chi connectivity index (χ2n) is 2.94. The number of aliphatic hydroxyl groups excluding tert-OH is 1. The molecule has 6 nitrogen and oxygen atoms in total. The largest absolute Gasteiger partial charge is 0.395 e. The molecule has 0 saturated heterocycles. The maximum Gasteiger partial charge on any atom is 0.314 e. The van der Waals surface area contributed by atoms with Gasteiger partial charge in [-0.05, 0) is 6.42 Å². The molecule has 0 radical (unpaired) electrons. The first kappa shape index (κ1) is 12.7. The highest BCUT2D eigenvalue weighted by atomic mass is 16.3. The molecule has 82 valence electrons. The number of nitrogens with zero attached hydrogens (tertiary/aromatic N) is 1. The summed E-state index contributed by atoms with van der Waals surface area (Å²) >= 11 is 0. The molecule has 0 saturated carbocycles. The predicted octanol–water partition coefficient (Wildman–Crippen LogP) is -1.11.